The number of likely N-dealkylation sites (tertiary alicyclic amines) is 1. The van der Waals surface area contributed by atoms with Crippen LogP contribution in [0, 0.1) is 11.6 Å². The molecule has 1 fully saturated rings. The van der Waals surface area contributed by atoms with E-state index in [0.29, 0.717) is 37.9 Å². The fraction of sp³-hybridized carbons (Fsp3) is 0.444. The van der Waals surface area contributed by atoms with Gasteiger partial charge in [-0.05, 0) is 30.5 Å². The molecule has 1 aromatic heterocycles. The minimum atomic E-state index is -1.48. The zero-order valence-corrected chi connectivity index (χ0v) is 14.3. The Morgan fingerprint density at radius 3 is 2.92 bits per heavy atom. The Hall–Kier alpha value is -2.32. The molecule has 1 atom stereocenters. The third-order valence-corrected chi connectivity index (χ3v) is 4.60. The number of piperidine rings is 1. The van der Waals surface area contributed by atoms with Gasteiger partial charge in [0.15, 0.2) is 17.2 Å². The van der Waals surface area contributed by atoms with Crippen molar-refractivity contribution in [2.45, 2.75) is 31.4 Å². The van der Waals surface area contributed by atoms with Gasteiger partial charge in [-0.1, -0.05) is 6.07 Å². The van der Waals surface area contributed by atoms with E-state index >= 15 is 0 Å². The number of benzene rings is 1. The minimum absolute atomic E-state index is 0.145. The molecular weight excluding hydrogens is 342 g/mol. The molecule has 3 N–H and O–H groups in total. The summed E-state index contributed by atoms with van der Waals surface area (Å²) in [4.78, 5) is 21.1. The molecule has 0 radical (unpaired) electrons. The number of aliphatic hydroxyl groups is 1. The lowest BCUT2D eigenvalue weighted by Crippen LogP contribution is -2.57. The van der Waals surface area contributed by atoms with Gasteiger partial charge in [0.25, 0.3) is 5.91 Å². The summed E-state index contributed by atoms with van der Waals surface area (Å²) in [5.74, 6) is -2.25. The first-order valence-corrected chi connectivity index (χ1v) is 8.61. The summed E-state index contributed by atoms with van der Waals surface area (Å²) in [5, 5.41) is 13.8. The largest absolute Gasteiger partial charge is 0.379 e. The lowest BCUT2D eigenvalue weighted by atomic mass is 9.91. The number of amides is 1. The summed E-state index contributed by atoms with van der Waals surface area (Å²) in [5.41, 5.74) is -0.0155. The van der Waals surface area contributed by atoms with E-state index in [4.69, 9.17) is 0 Å². The summed E-state index contributed by atoms with van der Waals surface area (Å²) >= 11 is 0. The van der Waals surface area contributed by atoms with E-state index in [1.54, 1.807) is 12.5 Å². The molecule has 8 heteroatoms. The summed E-state index contributed by atoms with van der Waals surface area (Å²) in [6.07, 6.45) is 5.06. The Morgan fingerprint density at radius 2 is 2.19 bits per heavy atom. The van der Waals surface area contributed by atoms with Crippen LogP contribution in [0.2, 0.25) is 0 Å². The predicted molar refractivity (Wildman–Crippen MR) is 91.1 cm³/mol. The van der Waals surface area contributed by atoms with Gasteiger partial charge in [0.05, 0.1) is 6.33 Å². The Morgan fingerprint density at radius 1 is 1.35 bits per heavy atom. The first-order chi connectivity index (χ1) is 12.5. The average Bonchev–Trinajstić information content (AvgIpc) is 3.13. The van der Waals surface area contributed by atoms with Crippen LogP contribution in [0.1, 0.15) is 24.1 Å². The van der Waals surface area contributed by atoms with Crippen molar-refractivity contribution >= 4 is 5.91 Å². The van der Waals surface area contributed by atoms with Crippen LogP contribution in [0.25, 0.3) is 0 Å². The van der Waals surface area contributed by atoms with Crippen molar-refractivity contribution in [3.63, 3.8) is 0 Å². The smallest absolute Gasteiger partial charge is 0.256 e. The maximum atomic E-state index is 13.4. The van der Waals surface area contributed by atoms with Crippen LogP contribution < -0.4 is 5.32 Å². The number of hydrogen-bond acceptors (Lipinski definition) is 4. The molecule has 0 aliphatic carbocycles. The lowest BCUT2D eigenvalue weighted by Gasteiger charge is -2.38. The molecule has 0 saturated carbocycles. The lowest BCUT2D eigenvalue weighted by molar-refractivity contribution is -0.157. The quantitative estimate of drug-likeness (QED) is 0.649. The van der Waals surface area contributed by atoms with Crippen LogP contribution in [-0.4, -0.2) is 51.1 Å². The second-order valence-corrected chi connectivity index (χ2v) is 6.61. The van der Waals surface area contributed by atoms with Gasteiger partial charge >= 0.3 is 0 Å². The highest BCUT2D eigenvalue weighted by Crippen LogP contribution is 2.24. The Kier molecular flexibility index (Phi) is 5.63. The standard InChI is InChI=1S/C18H22F2N4O2/c19-15-3-2-13(8-16(15)20)10-24-7-1-5-18(26,17(24)25)11-21-6-4-14-9-22-12-23-14/h2-3,8-9,12,21,26H,1,4-7,10-11H2,(H,22,23)/t18-/m0/s1. The molecule has 3 rings (SSSR count). The first-order valence-electron chi connectivity index (χ1n) is 8.61. The normalized spacial score (nSPS) is 20.6. The van der Waals surface area contributed by atoms with Crippen molar-refractivity contribution in [1.82, 2.24) is 20.2 Å². The molecule has 1 aliphatic rings. The van der Waals surface area contributed by atoms with Crippen LogP contribution in [-0.2, 0) is 17.8 Å². The molecule has 140 valence electrons. The van der Waals surface area contributed by atoms with Crippen molar-refractivity contribution < 1.29 is 18.7 Å². The van der Waals surface area contributed by atoms with Crippen LogP contribution in [0.5, 0.6) is 0 Å². The van der Waals surface area contributed by atoms with Crippen LogP contribution in [0.4, 0.5) is 8.78 Å². The summed E-state index contributed by atoms with van der Waals surface area (Å²) in [6.45, 7) is 1.37. The number of aromatic amines is 1. The van der Waals surface area contributed by atoms with Gasteiger partial charge in [-0.15, -0.1) is 0 Å². The van der Waals surface area contributed by atoms with E-state index in [1.165, 1.54) is 11.0 Å². The van der Waals surface area contributed by atoms with Crippen LogP contribution in [0.3, 0.4) is 0 Å². The number of carbonyl (C=O) groups is 1. The zero-order valence-electron chi connectivity index (χ0n) is 14.3. The van der Waals surface area contributed by atoms with Gasteiger partial charge in [0, 0.05) is 44.5 Å². The van der Waals surface area contributed by atoms with Gasteiger partial charge in [-0.3, -0.25) is 4.79 Å². The van der Waals surface area contributed by atoms with Crippen LogP contribution >= 0.6 is 0 Å². The number of carbonyl (C=O) groups excluding carboxylic acids is 1. The zero-order chi connectivity index (χ0) is 18.6. The molecular formula is C18H22F2N4O2. The summed E-state index contributed by atoms with van der Waals surface area (Å²) in [6, 6.07) is 3.57. The van der Waals surface area contributed by atoms with E-state index in [0.717, 1.165) is 17.8 Å². The number of nitrogens with one attached hydrogen (secondary N) is 2. The van der Waals surface area contributed by atoms with Gasteiger partial charge in [0.1, 0.15) is 0 Å². The molecule has 6 nitrogen and oxygen atoms in total. The minimum Gasteiger partial charge on any atom is -0.379 e. The highest BCUT2D eigenvalue weighted by molar-refractivity contribution is 5.86. The van der Waals surface area contributed by atoms with E-state index in [2.05, 4.69) is 15.3 Å². The van der Waals surface area contributed by atoms with Crippen molar-refractivity contribution in [3.8, 4) is 0 Å². The van der Waals surface area contributed by atoms with Crippen molar-refractivity contribution in [2.75, 3.05) is 19.6 Å². The number of H-pyrrole nitrogens is 1. The second kappa shape index (κ2) is 7.92. The fourth-order valence-corrected chi connectivity index (χ4v) is 3.18. The first kappa shape index (κ1) is 18.5. The number of rotatable bonds is 7. The SMILES string of the molecule is O=C1N(Cc2ccc(F)c(F)c2)CCC[C@]1(O)CNCCc1cnc[nH]1. The molecule has 0 bridgehead atoms. The maximum absolute atomic E-state index is 13.4. The highest BCUT2D eigenvalue weighted by atomic mass is 19.2. The molecule has 0 spiro atoms. The number of imidazole rings is 1. The topological polar surface area (TPSA) is 81.2 Å². The van der Waals surface area contributed by atoms with Crippen molar-refractivity contribution in [2.24, 2.45) is 0 Å². The van der Waals surface area contributed by atoms with Crippen molar-refractivity contribution in [3.05, 3.63) is 53.6 Å². The second-order valence-electron chi connectivity index (χ2n) is 6.61. The number of hydrogen-bond donors (Lipinski definition) is 3. The third kappa shape index (κ3) is 4.25. The van der Waals surface area contributed by atoms with Gasteiger partial charge < -0.3 is 20.3 Å². The molecule has 1 aromatic carbocycles. The van der Waals surface area contributed by atoms with Crippen molar-refractivity contribution in [1.29, 1.82) is 0 Å². The van der Waals surface area contributed by atoms with Gasteiger partial charge in [0.2, 0.25) is 0 Å². The Bertz CT molecular complexity index is 754. The molecule has 2 aromatic rings. The monoisotopic (exact) mass is 364 g/mol. The predicted octanol–water partition coefficient (Wildman–Crippen LogP) is 1.37. The molecule has 1 saturated heterocycles. The van der Waals surface area contributed by atoms with E-state index < -0.39 is 17.2 Å². The summed E-state index contributed by atoms with van der Waals surface area (Å²) in [7, 11) is 0. The fourth-order valence-electron chi connectivity index (χ4n) is 3.18. The number of aromatic nitrogens is 2. The molecule has 1 amide bonds. The highest BCUT2D eigenvalue weighted by Gasteiger charge is 2.41. The summed E-state index contributed by atoms with van der Waals surface area (Å²) < 4.78 is 26.4. The van der Waals surface area contributed by atoms with E-state index in [-0.39, 0.29) is 19.0 Å². The molecule has 2 heterocycles. The van der Waals surface area contributed by atoms with E-state index in [9.17, 15) is 18.7 Å². The van der Waals surface area contributed by atoms with Crippen LogP contribution in [0.15, 0.2) is 30.7 Å². The van der Waals surface area contributed by atoms with Gasteiger partial charge in [-0.25, -0.2) is 13.8 Å². The molecule has 0 unspecified atom stereocenters. The maximum Gasteiger partial charge on any atom is 0.256 e. The average molecular weight is 364 g/mol. The number of halogens is 2. The Balaban J connectivity index is 1.56. The van der Waals surface area contributed by atoms with Gasteiger partial charge in [-0.2, -0.15) is 0 Å². The number of nitrogens with zero attached hydrogens (tertiary/aromatic N) is 2. The van der Waals surface area contributed by atoms with E-state index in [1.807, 2.05) is 0 Å². The Labute approximate surface area is 150 Å². The molecule has 1 aliphatic heterocycles. The third-order valence-electron chi connectivity index (χ3n) is 4.60. The molecule has 26 heavy (non-hydrogen) atoms.